The molecule has 1 atom stereocenters. The Bertz CT molecular complexity index is 717. The zero-order valence-electron chi connectivity index (χ0n) is 15.1. The highest BCUT2D eigenvalue weighted by atomic mass is 35.5. The van der Waals surface area contributed by atoms with Crippen molar-refractivity contribution in [2.24, 2.45) is 5.73 Å². The highest BCUT2D eigenvalue weighted by molar-refractivity contribution is 8.12. The Balaban J connectivity index is 1.97. The molecule has 26 heavy (non-hydrogen) atoms. The van der Waals surface area contributed by atoms with E-state index >= 15 is 0 Å². The first kappa shape index (κ1) is 21.2. The third-order valence-corrected chi connectivity index (χ3v) is 6.20. The summed E-state index contributed by atoms with van der Waals surface area (Å²) >= 11 is 13.5. The molecule has 2 rings (SSSR count). The number of allylic oxidation sites excluding steroid dienone is 1. The van der Waals surface area contributed by atoms with E-state index in [1.807, 2.05) is 0 Å². The summed E-state index contributed by atoms with van der Waals surface area (Å²) in [6.07, 6.45) is 3.34. The molecule has 1 amide bonds. The lowest BCUT2D eigenvalue weighted by molar-refractivity contribution is -0.116. The standard InChI is InChI=1S/C19H25Cl2N3OS/c1-12(22)18(19(25)23-9-8-15-5-4-10-24(15)3)26-13(2)16-11-14(20)6-7-17(16)21/h6-7,11,15H,2,4-5,8-10,22H2,1,3H3,(H,23,25)/b18-12-. The fourth-order valence-corrected chi connectivity index (χ4v) is 4.28. The Morgan fingerprint density at radius 3 is 2.81 bits per heavy atom. The molecule has 0 saturated carbocycles. The number of nitrogens with two attached hydrogens (primary N) is 1. The Kier molecular flexibility index (Phi) is 7.89. The summed E-state index contributed by atoms with van der Waals surface area (Å²) in [6, 6.07) is 5.69. The van der Waals surface area contributed by atoms with Gasteiger partial charge in [0.15, 0.2) is 0 Å². The van der Waals surface area contributed by atoms with Crippen LogP contribution in [0.15, 0.2) is 35.4 Å². The van der Waals surface area contributed by atoms with Gasteiger partial charge in [0, 0.05) is 38.8 Å². The molecule has 0 aromatic heterocycles. The normalized spacial score (nSPS) is 18.5. The van der Waals surface area contributed by atoms with Crippen LogP contribution in [0.5, 0.6) is 0 Å². The van der Waals surface area contributed by atoms with Gasteiger partial charge in [-0.2, -0.15) is 0 Å². The molecule has 1 aromatic rings. The minimum Gasteiger partial charge on any atom is -0.401 e. The van der Waals surface area contributed by atoms with Gasteiger partial charge in [-0.25, -0.2) is 0 Å². The molecule has 1 fully saturated rings. The molecule has 1 aliphatic heterocycles. The molecule has 4 nitrogen and oxygen atoms in total. The number of thioether (sulfide) groups is 1. The number of carbonyl (C=O) groups excluding carboxylic acids is 1. The number of nitrogens with zero attached hydrogens (tertiary/aromatic N) is 1. The van der Waals surface area contributed by atoms with Gasteiger partial charge in [-0.3, -0.25) is 4.79 Å². The van der Waals surface area contributed by atoms with Gasteiger partial charge in [0.1, 0.15) is 0 Å². The number of likely N-dealkylation sites (tertiary alicyclic amines) is 1. The fraction of sp³-hybridized carbons (Fsp3) is 0.421. The number of benzene rings is 1. The van der Waals surface area contributed by atoms with Crippen molar-refractivity contribution >= 4 is 45.8 Å². The Morgan fingerprint density at radius 2 is 2.19 bits per heavy atom. The molecule has 0 spiro atoms. The van der Waals surface area contributed by atoms with Gasteiger partial charge in [0.25, 0.3) is 5.91 Å². The van der Waals surface area contributed by atoms with Gasteiger partial charge in [-0.05, 0) is 58.0 Å². The van der Waals surface area contributed by atoms with Crippen LogP contribution < -0.4 is 11.1 Å². The third kappa shape index (κ3) is 5.68. The predicted octanol–water partition coefficient (Wildman–Crippen LogP) is 4.49. The smallest absolute Gasteiger partial charge is 0.259 e. The predicted molar refractivity (Wildman–Crippen MR) is 113 cm³/mol. The van der Waals surface area contributed by atoms with E-state index in [9.17, 15) is 4.79 Å². The minimum absolute atomic E-state index is 0.185. The van der Waals surface area contributed by atoms with Gasteiger partial charge in [0.2, 0.25) is 0 Å². The van der Waals surface area contributed by atoms with Crippen LogP contribution in [-0.2, 0) is 4.79 Å². The van der Waals surface area contributed by atoms with Crippen molar-refractivity contribution in [3.05, 3.63) is 51.0 Å². The Hall–Kier alpha value is -1.14. The maximum absolute atomic E-state index is 12.6. The van der Waals surface area contributed by atoms with E-state index in [1.54, 1.807) is 25.1 Å². The summed E-state index contributed by atoms with van der Waals surface area (Å²) in [7, 11) is 2.13. The van der Waals surface area contributed by atoms with E-state index in [-0.39, 0.29) is 5.91 Å². The number of hydrogen-bond donors (Lipinski definition) is 2. The molecule has 1 aromatic carbocycles. The quantitative estimate of drug-likeness (QED) is 0.646. The fourth-order valence-electron chi connectivity index (χ4n) is 2.97. The first-order valence-corrected chi connectivity index (χ1v) is 10.1. The topological polar surface area (TPSA) is 58.4 Å². The van der Waals surface area contributed by atoms with Crippen molar-refractivity contribution in [2.75, 3.05) is 20.1 Å². The summed E-state index contributed by atoms with van der Waals surface area (Å²) in [5.41, 5.74) is 7.08. The summed E-state index contributed by atoms with van der Waals surface area (Å²) in [4.78, 5) is 16.0. The van der Waals surface area contributed by atoms with Crippen LogP contribution in [0.1, 0.15) is 31.7 Å². The van der Waals surface area contributed by atoms with Crippen LogP contribution >= 0.6 is 35.0 Å². The summed E-state index contributed by atoms with van der Waals surface area (Å²) in [6.45, 7) is 7.48. The molecule has 0 radical (unpaired) electrons. The van der Waals surface area contributed by atoms with Crippen molar-refractivity contribution < 1.29 is 4.79 Å². The van der Waals surface area contributed by atoms with E-state index in [4.69, 9.17) is 28.9 Å². The average Bonchev–Trinajstić information content (AvgIpc) is 2.99. The van der Waals surface area contributed by atoms with Crippen molar-refractivity contribution in [2.45, 2.75) is 32.2 Å². The molecule has 3 N–H and O–H groups in total. The summed E-state index contributed by atoms with van der Waals surface area (Å²) in [5.74, 6) is -0.185. The van der Waals surface area contributed by atoms with Crippen molar-refractivity contribution in [1.29, 1.82) is 0 Å². The molecule has 1 aliphatic rings. The average molecular weight is 414 g/mol. The van der Waals surface area contributed by atoms with Crippen molar-refractivity contribution in [3.8, 4) is 0 Å². The lowest BCUT2D eigenvalue weighted by atomic mass is 10.1. The van der Waals surface area contributed by atoms with Gasteiger partial charge in [0.05, 0.1) is 4.91 Å². The van der Waals surface area contributed by atoms with Crippen LogP contribution in [0.25, 0.3) is 4.91 Å². The van der Waals surface area contributed by atoms with Crippen LogP contribution in [0.2, 0.25) is 10.0 Å². The largest absolute Gasteiger partial charge is 0.401 e. The third-order valence-electron chi connectivity index (χ3n) is 4.45. The number of hydrogen-bond acceptors (Lipinski definition) is 4. The number of carbonyl (C=O) groups is 1. The van der Waals surface area contributed by atoms with Crippen LogP contribution in [0, 0.1) is 0 Å². The zero-order chi connectivity index (χ0) is 19.3. The van der Waals surface area contributed by atoms with Crippen molar-refractivity contribution in [1.82, 2.24) is 10.2 Å². The summed E-state index contributed by atoms with van der Waals surface area (Å²) in [5, 5.41) is 4.06. The molecular formula is C19H25Cl2N3OS. The second-order valence-electron chi connectivity index (χ2n) is 6.48. The highest BCUT2D eigenvalue weighted by Crippen LogP contribution is 2.37. The number of rotatable bonds is 7. The molecule has 0 aliphatic carbocycles. The molecule has 1 unspecified atom stereocenters. The van der Waals surface area contributed by atoms with Gasteiger partial charge in [-0.15, -0.1) is 0 Å². The number of amides is 1. The molecular weight excluding hydrogens is 389 g/mol. The lowest BCUT2D eigenvalue weighted by Crippen LogP contribution is -2.32. The van der Waals surface area contributed by atoms with Crippen LogP contribution in [0.4, 0.5) is 0 Å². The second kappa shape index (κ2) is 9.70. The zero-order valence-corrected chi connectivity index (χ0v) is 17.5. The minimum atomic E-state index is -0.185. The van der Waals surface area contributed by atoms with Crippen LogP contribution in [0.3, 0.4) is 0 Å². The SMILES string of the molecule is C=C(S/C(C(=O)NCCC1CCCN1C)=C(/C)N)c1cc(Cl)ccc1Cl. The number of nitrogens with one attached hydrogen (secondary N) is 1. The van der Waals surface area contributed by atoms with Crippen LogP contribution in [-0.4, -0.2) is 37.0 Å². The van der Waals surface area contributed by atoms with E-state index in [0.29, 0.717) is 43.7 Å². The Morgan fingerprint density at radius 1 is 1.46 bits per heavy atom. The monoisotopic (exact) mass is 413 g/mol. The maximum atomic E-state index is 12.6. The van der Waals surface area contributed by atoms with E-state index < -0.39 is 0 Å². The highest BCUT2D eigenvalue weighted by Gasteiger charge is 2.21. The van der Waals surface area contributed by atoms with E-state index in [0.717, 1.165) is 13.0 Å². The number of halogens is 2. The first-order chi connectivity index (χ1) is 12.3. The lowest BCUT2D eigenvalue weighted by Gasteiger charge is -2.19. The van der Waals surface area contributed by atoms with Gasteiger partial charge >= 0.3 is 0 Å². The van der Waals surface area contributed by atoms with Crippen molar-refractivity contribution in [3.63, 3.8) is 0 Å². The molecule has 7 heteroatoms. The molecule has 1 saturated heterocycles. The van der Waals surface area contributed by atoms with Gasteiger partial charge < -0.3 is 16.0 Å². The van der Waals surface area contributed by atoms with Gasteiger partial charge in [-0.1, -0.05) is 41.5 Å². The van der Waals surface area contributed by atoms with E-state index in [1.165, 1.54) is 24.6 Å². The molecule has 0 bridgehead atoms. The second-order valence-corrected chi connectivity index (χ2v) is 8.43. The summed E-state index contributed by atoms with van der Waals surface area (Å²) < 4.78 is 0. The first-order valence-electron chi connectivity index (χ1n) is 8.56. The Labute approximate surface area is 169 Å². The molecule has 1 heterocycles. The van der Waals surface area contributed by atoms with E-state index in [2.05, 4.69) is 23.8 Å². The molecule has 142 valence electrons. The maximum Gasteiger partial charge on any atom is 0.259 e.